The molecule has 1 aliphatic carbocycles. The van der Waals surface area contributed by atoms with E-state index in [1.807, 2.05) is 25.1 Å². The van der Waals surface area contributed by atoms with Crippen molar-refractivity contribution in [1.29, 1.82) is 0 Å². The van der Waals surface area contributed by atoms with E-state index in [1.165, 1.54) is 19.3 Å². The fraction of sp³-hybridized carbons (Fsp3) is 0.640. The average Bonchev–Trinajstić information content (AvgIpc) is 3.18. The summed E-state index contributed by atoms with van der Waals surface area (Å²) in [6.45, 7) is 10.4. The summed E-state index contributed by atoms with van der Waals surface area (Å²) in [7, 11) is 0. The van der Waals surface area contributed by atoms with Crippen molar-refractivity contribution in [1.82, 2.24) is 15.5 Å². The van der Waals surface area contributed by atoms with Gasteiger partial charge in [0.05, 0.1) is 6.61 Å². The van der Waals surface area contributed by atoms with E-state index in [1.54, 1.807) is 4.90 Å². The molecule has 1 aromatic carbocycles. The van der Waals surface area contributed by atoms with Gasteiger partial charge in [-0.15, -0.1) is 0 Å². The van der Waals surface area contributed by atoms with E-state index in [-0.39, 0.29) is 6.03 Å². The van der Waals surface area contributed by atoms with Crippen LogP contribution in [0.3, 0.4) is 0 Å². The molecular weight excluding hydrogens is 418 g/mol. The summed E-state index contributed by atoms with van der Waals surface area (Å²) in [4.78, 5) is 20.4. The highest BCUT2D eigenvalue weighted by atomic mass is 16.5. The minimum absolute atomic E-state index is 0.0222. The second kappa shape index (κ2) is 9.23. The zero-order chi connectivity index (χ0) is 22.9. The molecule has 1 aromatic heterocycles. The van der Waals surface area contributed by atoms with Gasteiger partial charge in [0.2, 0.25) is 0 Å². The SMILES string of the molecule is Cc1cc(N2CCNC2=O)ccc1OCC[C@@H]1C[C@@H]1C1CCN(c2nc(C(C)C)no2)CC1. The van der Waals surface area contributed by atoms with E-state index in [2.05, 4.69) is 34.2 Å². The van der Waals surface area contributed by atoms with E-state index >= 15 is 0 Å². The number of hydrogen-bond donors (Lipinski definition) is 1. The third-order valence-corrected chi connectivity index (χ3v) is 7.41. The number of anilines is 2. The minimum atomic E-state index is -0.0222. The Labute approximate surface area is 195 Å². The van der Waals surface area contributed by atoms with E-state index in [0.29, 0.717) is 25.0 Å². The number of piperidine rings is 1. The molecule has 1 N–H and O–H groups in total. The monoisotopic (exact) mass is 453 g/mol. The van der Waals surface area contributed by atoms with Crippen LogP contribution in [-0.2, 0) is 0 Å². The molecule has 2 aromatic rings. The predicted molar refractivity (Wildman–Crippen MR) is 127 cm³/mol. The number of nitrogens with zero attached hydrogens (tertiary/aromatic N) is 4. The molecule has 3 fully saturated rings. The summed E-state index contributed by atoms with van der Waals surface area (Å²) in [5, 5.41) is 6.95. The molecule has 5 rings (SSSR count). The lowest BCUT2D eigenvalue weighted by atomic mass is 9.90. The Kier molecular flexibility index (Phi) is 6.17. The first-order chi connectivity index (χ1) is 16.0. The summed E-state index contributed by atoms with van der Waals surface area (Å²) >= 11 is 0. The number of ether oxygens (including phenoxy) is 1. The Morgan fingerprint density at radius 1 is 1.24 bits per heavy atom. The Morgan fingerprint density at radius 2 is 2.06 bits per heavy atom. The standard InChI is InChI=1S/C25H35N5O3/c1-16(2)23-27-25(33-28-23)29-10-6-18(7-11-29)21-15-19(21)8-13-32-22-5-4-20(14-17(22)3)30-12-9-26-24(30)31/h4-5,14,16,18-19,21H,6-13,15H2,1-3H3,(H,26,31)/t19-,21-/m1/s1. The maximum atomic E-state index is 11.9. The molecule has 3 aliphatic rings. The van der Waals surface area contributed by atoms with Crippen LogP contribution in [-0.4, -0.2) is 49.0 Å². The van der Waals surface area contributed by atoms with Crippen LogP contribution in [0.2, 0.25) is 0 Å². The fourth-order valence-corrected chi connectivity index (χ4v) is 5.29. The van der Waals surface area contributed by atoms with Gasteiger partial charge in [-0.25, -0.2) is 4.79 Å². The molecule has 33 heavy (non-hydrogen) atoms. The van der Waals surface area contributed by atoms with Crippen LogP contribution in [0.25, 0.3) is 0 Å². The number of amides is 2. The van der Waals surface area contributed by atoms with E-state index in [4.69, 9.17) is 9.26 Å². The third kappa shape index (κ3) is 4.80. The maximum absolute atomic E-state index is 11.9. The summed E-state index contributed by atoms with van der Waals surface area (Å²) in [6.07, 6.45) is 4.84. The molecule has 3 heterocycles. The topological polar surface area (TPSA) is 83.7 Å². The van der Waals surface area contributed by atoms with Gasteiger partial charge in [-0.2, -0.15) is 4.98 Å². The van der Waals surface area contributed by atoms with Crippen molar-refractivity contribution in [3.05, 3.63) is 29.6 Å². The molecule has 178 valence electrons. The molecule has 1 saturated carbocycles. The van der Waals surface area contributed by atoms with Crippen LogP contribution < -0.4 is 19.9 Å². The molecular formula is C25H35N5O3. The lowest BCUT2D eigenvalue weighted by Crippen LogP contribution is -2.34. The van der Waals surface area contributed by atoms with E-state index < -0.39 is 0 Å². The van der Waals surface area contributed by atoms with Gasteiger partial charge in [-0.1, -0.05) is 19.0 Å². The van der Waals surface area contributed by atoms with Crippen LogP contribution in [0.15, 0.2) is 22.7 Å². The first-order valence-electron chi connectivity index (χ1n) is 12.4. The van der Waals surface area contributed by atoms with Crippen LogP contribution in [0.1, 0.15) is 56.8 Å². The molecule has 0 radical (unpaired) electrons. The molecule has 8 heteroatoms. The number of benzene rings is 1. The van der Waals surface area contributed by atoms with Crippen molar-refractivity contribution in [3.8, 4) is 5.75 Å². The lowest BCUT2D eigenvalue weighted by molar-refractivity contribution is 0.252. The maximum Gasteiger partial charge on any atom is 0.324 e. The summed E-state index contributed by atoms with van der Waals surface area (Å²) < 4.78 is 11.6. The number of urea groups is 1. The highest BCUT2D eigenvalue weighted by Gasteiger charge is 2.43. The number of carbonyl (C=O) groups is 1. The van der Waals surface area contributed by atoms with E-state index in [9.17, 15) is 4.79 Å². The number of aromatic nitrogens is 2. The summed E-state index contributed by atoms with van der Waals surface area (Å²) in [5.41, 5.74) is 2.01. The van der Waals surface area contributed by atoms with Gasteiger partial charge in [0.1, 0.15) is 5.75 Å². The van der Waals surface area contributed by atoms with Crippen molar-refractivity contribution >= 4 is 17.7 Å². The van der Waals surface area contributed by atoms with E-state index in [0.717, 1.165) is 66.7 Å². The number of nitrogens with one attached hydrogen (secondary N) is 1. The number of aryl methyl sites for hydroxylation is 1. The smallest absolute Gasteiger partial charge is 0.324 e. The number of hydrogen-bond acceptors (Lipinski definition) is 6. The number of rotatable bonds is 8. The van der Waals surface area contributed by atoms with Crippen LogP contribution in [0.5, 0.6) is 5.75 Å². The largest absolute Gasteiger partial charge is 0.493 e. The molecule has 2 amide bonds. The van der Waals surface area contributed by atoms with Gasteiger partial charge in [0.15, 0.2) is 5.82 Å². The van der Waals surface area contributed by atoms with Gasteiger partial charge in [0.25, 0.3) is 0 Å². The molecule has 0 bridgehead atoms. The molecule has 8 nitrogen and oxygen atoms in total. The quantitative estimate of drug-likeness (QED) is 0.640. The normalized spacial score (nSPS) is 23.3. The highest BCUT2D eigenvalue weighted by molar-refractivity contribution is 5.94. The van der Waals surface area contributed by atoms with Crippen molar-refractivity contribution in [2.75, 3.05) is 42.6 Å². The van der Waals surface area contributed by atoms with Crippen molar-refractivity contribution in [3.63, 3.8) is 0 Å². The Bertz CT molecular complexity index is 982. The first-order valence-corrected chi connectivity index (χ1v) is 12.4. The predicted octanol–water partition coefficient (Wildman–Crippen LogP) is 4.35. The lowest BCUT2D eigenvalue weighted by Gasteiger charge is -2.30. The molecule has 2 aliphatic heterocycles. The van der Waals surface area contributed by atoms with Gasteiger partial charge in [-0.05, 0) is 74.1 Å². The Morgan fingerprint density at radius 3 is 2.73 bits per heavy atom. The van der Waals surface area contributed by atoms with Crippen molar-refractivity contribution < 1.29 is 14.1 Å². The zero-order valence-corrected chi connectivity index (χ0v) is 19.9. The molecule has 2 atom stereocenters. The zero-order valence-electron chi connectivity index (χ0n) is 19.9. The summed E-state index contributed by atoms with van der Waals surface area (Å²) in [6, 6.07) is 6.69. The van der Waals surface area contributed by atoms with Gasteiger partial charge < -0.3 is 19.5 Å². The van der Waals surface area contributed by atoms with Crippen LogP contribution in [0, 0.1) is 24.7 Å². The minimum Gasteiger partial charge on any atom is -0.493 e. The molecule has 0 spiro atoms. The average molecular weight is 454 g/mol. The Hall–Kier alpha value is -2.77. The highest BCUT2D eigenvalue weighted by Crippen LogP contribution is 2.50. The van der Waals surface area contributed by atoms with Crippen LogP contribution in [0.4, 0.5) is 16.5 Å². The third-order valence-electron chi connectivity index (χ3n) is 7.41. The van der Waals surface area contributed by atoms with Crippen molar-refractivity contribution in [2.45, 2.75) is 52.4 Å². The second-order valence-electron chi connectivity index (χ2n) is 10.0. The second-order valence-corrected chi connectivity index (χ2v) is 10.0. The molecule has 0 unspecified atom stereocenters. The number of carbonyl (C=O) groups excluding carboxylic acids is 1. The first kappa shape index (κ1) is 22.0. The van der Waals surface area contributed by atoms with Crippen LogP contribution >= 0.6 is 0 Å². The van der Waals surface area contributed by atoms with Gasteiger partial charge in [-0.3, -0.25) is 4.90 Å². The van der Waals surface area contributed by atoms with Gasteiger partial charge >= 0.3 is 12.0 Å². The molecule has 2 saturated heterocycles. The Balaban J connectivity index is 1.05. The summed E-state index contributed by atoms with van der Waals surface area (Å²) in [5.74, 6) is 4.42. The fourth-order valence-electron chi connectivity index (χ4n) is 5.29. The van der Waals surface area contributed by atoms with Crippen molar-refractivity contribution in [2.24, 2.45) is 17.8 Å². The van der Waals surface area contributed by atoms with Gasteiger partial charge in [0, 0.05) is 37.8 Å².